The van der Waals surface area contributed by atoms with Gasteiger partial charge in [-0.3, -0.25) is 0 Å². The van der Waals surface area contributed by atoms with Gasteiger partial charge in [0.15, 0.2) is 0 Å². The van der Waals surface area contributed by atoms with Crippen molar-refractivity contribution in [2.24, 2.45) is 5.92 Å². The molecule has 1 atom stereocenters. The highest BCUT2D eigenvalue weighted by Crippen LogP contribution is 2.24. The molecule has 226 valence electrons. The summed E-state index contributed by atoms with van der Waals surface area (Å²) in [6, 6.07) is 22.6. The van der Waals surface area contributed by atoms with Crippen LogP contribution in [0.4, 0.5) is 0 Å². The highest BCUT2D eigenvalue weighted by atomic mass is 16.5. The van der Waals surface area contributed by atoms with Crippen LogP contribution in [0.15, 0.2) is 72.8 Å². The number of rotatable bonds is 19. The van der Waals surface area contributed by atoms with Crippen molar-refractivity contribution < 1.29 is 19.1 Å². The van der Waals surface area contributed by atoms with Crippen LogP contribution in [0.5, 0.6) is 5.75 Å². The summed E-state index contributed by atoms with van der Waals surface area (Å²) in [5, 5.41) is 0. The molecule has 0 aliphatic carbocycles. The summed E-state index contributed by atoms with van der Waals surface area (Å²) < 4.78 is 11.0. The maximum absolute atomic E-state index is 12.7. The minimum atomic E-state index is -0.357. The smallest absolute Gasteiger partial charge is 0.343 e. The standard InChI is InChI=1S/C38H50O4/c1-4-6-7-8-9-10-11-12-13-14-15-16-31-17-19-35(20-18-31)38(40)42-36-27-25-33(26-28-36)32-21-23-34(24-22-32)37(39)41-29-30(3)5-2/h17-28,30H,4-16,29H2,1-3H3. The minimum absolute atomic E-state index is 0.300. The molecule has 3 aromatic carbocycles. The van der Waals surface area contributed by atoms with Crippen molar-refractivity contribution in [3.05, 3.63) is 89.5 Å². The van der Waals surface area contributed by atoms with Gasteiger partial charge < -0.3 is 9.47 Å². The molecule has 3 aromatic rings. The Morgan fingerprint density at radius 2 is 1.07 bits per heavy atom. The Hall–Kier alpha value is -3.40. The Kier molecular flexibility index (Phi) is 14.9. The lowest BCUT2D eigenvalue weighted by atomic mass is 10.0. The second kappa shape index (κ2) is 18.9. The van der Waals surface area contributed by atoms with Crippen LogP contribution in [-0.2, 0) is 11.2 Å². The monoisotopic (exact) mass is 570 g/mol. The Morgan fingerprint density at radius 3 is 1.62 bits per heavy atom. The van der Waals surface area contributed by atoms with Crippen molar-refractivity contribution in [2.45, 2.75) is 104 Å². The molecular formula is C38H50O4. The fourth-order valence-corrected chi connectivity index (χ4v) is 4.90. The van der Waals surface area contributed by atoms with E-state index in [2.05, 4.69) is 20.8 Å². The van der Waals surface area contributed by atoms with Crippen LogP contribution in [0.2, 0.25) is 0 Å². The van der Waals surface area contributed by atoms with Crippen LogP contribution in [0.3, 0.4) is 0 Å². The first-order chi connectivity index (χ1) is 20.5. The predicted octanol–water partition coefficient (Wildman–Crippen LogP) is 10.6. The predicted molar refractivity (Wildman–Crippen MR) is 173 cm³/mol. The summed E-state index contributed by atoms with van der Waals surface area (Å²) in [4.78, 5) is 24.9. The van der Waals surface area contributed by atoms with Gasteiger partial charge in [-0.05, 0) is 71.8 Å². The van der Waals surface area contributed by atoms with E-state index in [1.807, 2.05) is 48.5 Å². The molecule has 3 rings (SSSR count). The molecule has 0 aliphatic rings. The molecule has 0 saturated heterocycles. The fourth-order valence-electron chi connectivity index (χ4n) is 4.90. The van der Waals surface area contributed by atoms with Crippen LogP contribution in [-0.4, -0.2) is 18.5 Å². The van der Waals surface area contributed by atoms with E-state index in [4.69, 9.17) is 9.47 Å². The third-order valence-electron chi connectivity index (χ3n) is 7.97. The van der Waals surface area contributed by atoms with Gasteiger partial charge in [-0.25, -0.2) is 9.59 Å². The highest BCUT2D eigenvalue weighted by Gasteiger charge is 2.11. The Bertz CT molecular complexity index is 1180. The summed E-state index contributed by atoms with van der Waals surface area (Å²) in [7, 11) is 0. The van der Waals surface area contributed by atoms with Gasteiger partial charge >= 0.3 is 11.9 Å². The molecule has 42 heavy (non-hydrogen) atoms. The van der Waals surface area contributed by atoms with Gasteiger partial charge in [0.1, 0.15) is 5.75 Å². The van der Waals surface area contributed by atoms with Gasteiger partial charge in [0.25, 0.3) is 0 Å². The molecule has 0 heterocycles. The zero-order valence-electron chi connectivity index (χ0n) is 26.0. The quantitative estimate of drug-likeness (QED) is 0.0817. The van der Waals surface area contributed by atoms with E-state index in [1.54, 1.807) is 24.3 Å². The molecule has 0 aliphatic heterocycles. The van der Waals surface area contributed by atoms with E-state index < -0.39 is 0 Å². The lowest BCUT2D eigenvalue weighted by Crippen LogP contribution is -2.11. The molecule has 0 N–H and O–H groups in total. The van der Waals surface area contributed by atoms with Crippen molar-refractivity contribution in [1.29, 1.82) is 0 Å². The molecular weight excluding hydrogens is 520 g/mol. The number of ether oxygens (including phenoxy) is 2. The lowest BCUT2D eigenvalue weighted by molar-refractivity contribution is 0.0447. The summed E-state index contributed by atoms with van der Waals surface area (Å²) >= 11 is 0. The van der Waals surface area contributed by atoms with Crippen molar-refractivity contribution >= 4 is 11.9 Å². The van der Waals surface area contributed by atoms with Crippen molar-refractivity contribution in [1.82, 2.24) is 0 Å². The molecule has 0 bridgehead atoms. The largest absolute Gasteiger partial charge is 0.462 e. The number of hydrogen-bond donors (Lipinski definition) is 0. The normalized spacial score (nSPS) is 11.7. The highest BCUT2D eigenvalue weighted by molar-refractivity contribution is 5.91. The van der Waals surface area contributed by atoms with Crippen LogP contribution in [0.1, 0.15) is 124 Å². The maximum atomic E-state index is 12.7. The average molecular weight is 571 g/mol. The Balaban J connectivity index is 1.37. The molecule has 0 spiro atoms. The summed E-state index contributed by atoms with van der Waals surface area (Å²) in [6.45, 7) is 6.84. The average Bonchev–Trinajstić information content (AvgIpc) is 3.03. The number of esters is 2. The first-order valence-corrected chi connectivity index (χ1v) is 16.2. The number of benzene rings is 3. The molecule has 0 fully saturated rings. The van der Waals surface area contributed by atoms with E-state index in [9.17, 15) is 9.59 Å². The van der Waals surface area contributed by atoms with Gasteiger partial charge in [-0.15, -0.1) is 0 Å². The van der Waals surface area contributed by atoms with Gasteiger partial charge in [-0.1, -0.05) is 128 Å². The summed E-state index contributed by atoms with van der Waals surface area (Å²) in [5.74, 6) is 0.193. The van der Waals surface area contributed by atoms with E-state index >= 15 is 0 Å². The second-order valence-corrected chi connectivity index (χ2v) is 11.6. The van der Waals surface area contributed by atoms with E-state index in [0.717, 1.165) is 24.0 Å². The van der Waals surface area contributed by atoms with Crippen molar-refractivity contribution in [3.63, 3.8) is 0 Å². The van der Waals surface area contributed by atoms with Crippen LogP contribution in [0.25, 0.3) is 11.1 Å². The van der Waals surface area contributed by atoms with Gasteiger partial charge in [-0.2, -0.15) is 0 Å². The van der Waals surface area contributed by atoms with E-state index in [1.165, 1.54) is 76.2 Å². The lowest BCUT2D eigenvalue weighted by Gasteiger charge is -2.10. The van der Waals surface area contributed by atoms with E-state index in [0.29, 0.717) is 29.4 Å². The molecule has 0 saturated carbocycles. The maximum Gasteiger partial charge on any atom is 0.343 e. The second-order valence-electron chi connectivity index (χ2n) is 11.6. The molecule has 0 amide bonds. The van der Waals surface area contributed by atoms with Crippen LogP contribution < -0.4 is 4.74 Å². The zero-order chi connectivity index (χ0) is 30.0. The molecule has 0 aromatic heterocycles. The summed E-state index contributed by atoms with van der Waals surface area (Å²) in [6.07, 6.45) is 16.8. The van der Waals surface area contributed by atoms with Gasteiger partial charge in [0.2, 0.25) is 0 Å². The Labute approximate surface area is 253 Å². The number of unbranched alkanes of at least 4 members (excludes halogenated alkanes) is 10. The molecule has 1 unspecified atom stereocenters. The van der Waals surface area contributed by atoms with Crippen LogP contribution in [0, 0.1) is 5.92 Å². The minimum Gasteiger partial charge on any atom is -0.462 e. The Morgan fingerprint density at radius 1 is 0.595 bits per heavy atom. The first kappa shape index (κ1) is 33.1. The van der Waals surface area contributed by atoms with Crippen molar-refractivity contribution in [3.8, 4) is 16.9 Å². The number of carbonyl (C=O) groups excluding carboxylic acids is 2. The molecule has 4 heteroatoms. The third-order valence-corrected chi connectivity index (χ3v) is 7.97. The fraction of sp³-hybridized carbons (Fsp3) is 0.474. The number of hydrogen-bond acceptors (Lipinski definition) is 4. The zero-order valence-corrected chi connectivity index (χ0v) is 26.0. The topological polar surface area (TPSA) is 52.6 Å². The number of aryl methyl sites for hydroxylation is 1. The van der Waals surface area contributed by atoms with Gasteiger partial charge in [0.05, 0.1) is 17.7 Å². The third kappa shape index (κ3) is 11.8. The SMILES string of the molecule is CCCCCCCCCCCCCc1ccc(C(=O)Oc2ccc(-c3ccc(C(=O)OCC(C)CC)cc3)cc2)cc1. The van der Waals surface area contributed by atoms with E-state index in [-0.39, 0.29) is 11.9 Å². The van der Waals surface area contributed by atoms with Gasteiger partial charge in [0, 0.05) is 0 Å². The molecule has 4 nitrogen and oxygen atoms in total. The molecule has 0 radical (unpaired) electrons. The summed E-state index contributed by atoms with van der Waals surface area (Å²) in [5.41, 5.74) is 4.30. The van der Waals surface area contributed by atoms with Crippen LogP contribution >= 0.6 is 0 Å². The number of carbonyl (C=O) groups is 2. The van der Waals surface area contributed by atoms with Crippen molar-refractivity contribution in [2.75, 3.05) is 6.61 Å². The first-order valence-electron chi connectivity index (χ1n) is 16.2.